The molecule has 0 N–H and O–H groups in total. The molecule has 1 rings (SSSR count). The van der Waals surface area contributed by atoms with Gasteiger partial charge in [-0.25, -0.2) is 0 Å². The summed E-state index contributed by atoms with van der Waals surface area (Å²) in [6.07, 6.45) is 0. The fourth-order valence-corrected chi connectivity index (χ4v) is 2.79. The van der Waals surface area contributed by atoms with Crippen LogP contribution in [0.4, 0.5) is 0 Å². The molecule has 0 aliphatic carbocycles. The van der Waals surface area contributed by atoms with E-state index in [2.05, 4.69) is 62.9 Å². The molecule has 0 saturated carbocycles. The highest BCUT2D eigenvalue weighted by molar-refractivity contribution is 7.99. The van der Waals surface area contributed by atoms with E-state index in [0.717, 1.165) is 6.54 Å². The van der Waals surface area contributed by atoms with Crippen LogP contribution in [0.1, 0.15) is 27.7 Å². The van der Waals surface area contributed by atoms with Gasteiger partial charge in [-0.2, -0.15) is 0 Å². The Labute approximate surface area is 104 Å². The zero-order valence-electron chi connectivity index (χ0n) is 10.8. The summed E-state index contributed by atoms with van der Waals surface area (Å²) in [6, 6.07) is 11.9. The van der Waals surface area contributed by atoms with Crippen molar-refractivity contribution in [3.63, 3.8) is 0 Å². The van der Waals surface area contributed by atoms with Crippen molar-refractivity contribution in [2.24, 2.45) is 0 Å². The number of rotatable bonds is 6. The van der Waals surface area contributed by atoms with Crippen LogP contribution in [0.25, 0.3) is 0 Å². The van der Waals surface area contributed by atoms with Gasteiger partial charge in [0.15, 0.2) is 0 Å². The van der Waals surface area contributed by atoms with Crippen LogP contribution in [0.3, 0.4) is 0 Å². The normalized spacial score (nSPS) is 11.7. The molecule has 1 nitrogen and oxygen atoms in total. The predicted octanol–water partition coefficient (Wildman–Crippen LogP) is 3.90. The third kappa shape index (κ3) is 4.58. The van der Waals surface area contributed by atoms with Gasteiger partial charge in [0.2, 0.25) is 0 Å². The Balaban J connectivity index is 2.34. The molecule has 0 spiro atoms. The van der Waals surface area contributed by atoms with Crippen LogP contribution >= 0.6 is 11.8 Å². The minimum Gasteiger partial charge on any atom is -0.298 e. The van der Waals surface area contributed by atoms with E-state index >= 15 is 0 Å². The van der Waals surface area contributed by atoms with Gasteiger partial charge in [-0.05, 0) is 39.8 Å². The summed E-state index contributed by atoms with van der Waals surface area (Å²) >= 11 is 1.94. The lowest BCUT2D eigenvalue weighted by molar-refractivity contribution is 0.187. The lowest BCUT2D eigenvalue weighted by Gasteiger charge is -2.30. The monoisotopic (exact) mass is 237 g/mol. The van der Waals surface area contributed by atoms with E-state index in [1.165, 1.54) is 10.6 Å². The highest BCUT2D eigenvalue weighted by atomic mass is 32.2. The summed E-state index contributed by atoms with van der Waals surface area (Å²) < 4.78 is 0. The average Bonchev–Trinajstić information content (AvgIpc) is 2.24. The molecule has 0 saturated heterocycles. The lowest BCUT2D eigenvalue weighted by Crippen LogP contribution is -2.38. The lowest BCUT2D eigenvalue weighted by atomic mass is 10.2. The number of thioether (sulfide) groups is 1. The van der Waals surface area contributed by atoms with E-state index in [-0.39, 0.29) is 0 Å². The second-order valence-corrected chi connectivity index (χ2v) is 5.76. The molecule has 0 radical (unpaired) electrons. The molecule has 0 aliphatic heterocycles. The molecule has 1 aromatic rings. The molecule has 0 amide bonds. The van der Waals surface area contributed by atoms with E-state index in [1.54, 1.807) is 0 Å². The molecular formula is C14H23NS. The Morgan fingerprint density at radius 1 is 1.00 bits per heavy atom. The Kier molecular flexibility index (Phi) is 5.93. The molecule has 0 atom stereocenters. The van der Waals surface area contributed by atoms with E-state index in [0.29, 0.717) is 12.1 Å². The van der Waals surface area contributed by atoms with Crippen LogP contribution in [0.2, 0.25) is 0 Å². The van der Waals surface area contributed by atoms with Gasteiger partial charge in [0.25, 0.3) is 0 Å². The van der Waals surface area contributed by atoms with Crippen molar-refractivity contribution >= 4 is 11.8 Å². The van der Waals surface area contributed by atoms with E-state index in [4.69, 9.17) is 0 Å². The van der Waals surface area contributed by atoms with Crippen molar-refractivity contribution in [1.82, 2.24) is 4.90 Å². The summed E-state index contributed by atoms with van der Waals surface area (Å²) in [5.41, 5.74) is 0. The van der Waals surface area contributed by atoms with Crippen molar-refractivity contribution in [3.8, 4) is 0 Å². The molecule has 16 heavy (non-hydrogen) atoms. The number of nitrogens with zero attached hydrogens (tertiary/aromatic N) is 1. The van der Waals surface area contributed by atoms with Crippen molar-refractivity contribution in [2.75, 3.05) is 12.3 Å². The minimum atomic E-state index is 0.636. The largest absolute Gasteiger partial charge is 0.298 e. The molecule has 0 fully saturated rings. The number of hydrogen-bond acceptors (Lipinski definition) is 2. The van der Waals surface area contributed by atoms with Gasteiger partial charge in [-0.15, -0.1) is 11.8 Å². The molecular weight excluding hydrogens is 214 g/mol. The van der Waals surface area contributed by atoms with Gasteiger partial charge in [0.05, 0.1) is 0 Å². The summed E-state index contributed by atoms with van der Waals surface area (Å²) in [5, 5.41) is 0. The van der Waals surface area contributed by atoms with Crippen molar-refractivity contribution in [1.29, 1.82) is 0 Å². The van der Waals surface area contributed by atoms with Crippen molar-refractivity contribution in [2.45, 2.75) is 44.7 Å². The van der Waals surface area contributed by atoms with Crippen LogP contribution < -0.4 is 0 Å². The predicted molar refractivity (Wildman–Crippen MR) is 74.1 cm³/mol. The fourth-order valence-electron chi connectivity index (χ4n) is 1.90. The average molecular weight is 237 g/mol. The zero-order valence-corrected chi connectivity index (χ0v) is 11.6. The molecule has 1 aromatic carbocycles. The van der Waals surface area contributed by atoms with Crippen LogP contribution in [0, 0.1) is 0 Å². The molecule has 0 bridgehead atoms. The molecule has 0 unspecified atom stereocenters. The smallest absolute Gasteiger partial charge is 0.0108 e. The first-order valence-corrected chi connectivity index (χ1v) is 7.03. The highest BCUT2D eigenvalue weighted by Gasteiger charge is 2.12. The van der Waals surface area contributed by atoms with Gasteiger partial charge in [0.1, 0.15) is 0 Å². The van der Waals surface area contributed by atoms with Gasteiger partial charge in [0, 0.05) is 29.3 Å². The Morgan fingerprint density at radius 2 is 1.56 bits per heavy atom. The number of benzene rings is 1. The zero-order chi connectivity index (χ0) is 12.0. The third-order valence-corrected chi connectivity index (χ3v) is 3.68. The maximum Gasteiger partial charge on any atom is 0.0108 e. The Hall–Kier alpha value is -0.470. The molecule has 0 aliphatic rings. The summed E-state index contributed by atoms with van der Waals surface area (Å²) in [6.45, 7) is 10.2. The van der Waals surface area contributed by atoms with E-state index in [9.17, 15) is 0 Å². The topological polar surface area (TPSA) is 3.24 Å². The Bertz CT molecular complexity index is 274. The quantitative estimate of drug-likeness (QED) is 0.690. The highest BCUT2D eigenvalue weighted by Crippen LogP contribution is 2.17. The molecule has 0 aromatic heterocycles. The first-order valence-electron chi connectivity index (χ1n) is 6.05. The fraction of sp³-hybridized carbons (Fsp3) is 0.571. The van der Waals surface area contributed by atoms with Gasteiger partial charge in [-0.1, -0.05) is 18.2 Å². The molecule has 0 heterocycles. The van der Waals surface area contributed by atoms with Gasteiger partial charge >= 0.3 is 0 Å². The molecule has 2 heteroatoms. The minimum absolute atomic E-state index is 0.636. The summed E-state index contributed by atoms with van der Waals surface area (Å²) in [7, 11) is 0. The van der Waals surface area contributed by atoms with Crippen LogP contribution in [-0.4, -0.2) is 29.3 Å². The first kappa shape index (κ1) is 13.6. The third-order valence-electron chi connectivity index (χ3n) is 2.69. The van der Waals surface area contributed by atoms with Crippen LogP contribution in [-0.2, 0) is 0 Å². The van der Waals surface area contributed by atoms with E-state index < -0.39 is 0 Å². The molecule has 90 valence electrons. The standard InChI is InChI=1S/C14H23NS/c1-12(2)15(13(3)4)10-11-16-14-8-6-5-7-9-14/h5-9,12-13H,10-11H2,1-4H3. The van der Waals surface area contributed by atoms with Gasteiger partial charge < -0.3 is 0 Å². The Morgan fingerprint density at radius 3 is 2.06 bits per heavy atom. The maximum atomic E-state index is 2.54. The van der Waals surface area contributed by atoms with Crippen molar-refractivity contribution in [3.05, 3.63) is 30.3 Å². The van der Waals surface area contributed by atoms with E-state index in [1.807, 2.05) is 11.8 Å². The first-order chi connectivity index (χ1) is 7.61. The van der Waals surface area contributed by atoms with Crippen molar-refractivity contribution < 1.29 is 0 Å². The van der Waals surface area contributed by atoms with Crippen LogP contribution in [0.15, 0.2) is 35.2 Å². The van der Waals surface area contributed by atoms with Crippen LogP contribution in [0.5, 0.6) is 0 Å². The summed E-state index contributed by atoms with van der Waals surface area (Å²) in [4.78, 5) is 3.91. The second kappa shape index (κ2) is 6.97. The second-order valence-electron chi connectivity index (χ2n) is 4.59. The number of hydrogen-bond donors (Lipinski definition) is 0. The summed E-state index contributed by atoms with van der Waals surface area (Å²) in [5.74, 6) is 1.17. The SMILES string of the molecule is CC(C)N(CCSc1ccccc1)C(C)C. The van der Waals surface area contributed by atoms with Gasteiger partial charge in [-0.3, -0.25) is 4.90 Å². The maximum absolute atomic E-state index is 2.54.